The number of likely N-dealkylation sites (N-methyl/N-ethyl adjacent to an activating group) is 1. The molecule has 4 rings (SSSR count). The predicted octanol–water partition coefficient (Wildman–Crippen LogP) is 0.868. The van der Waals surface area contributed by atoms with Gasteiger partial charge in [0.15, 0.2) is 0 Å². The maximum atomic E-state index is 12.1. The monoisotopic (exact) mass is 284 g/mol. The fourth-order valence-electron chi connectivity index (χ4n) is 3.67. The van der Waals surface area contributed by atoms with Crippen LogP contribution in [0, 0.1) is 5.92 Å². The van der Waals surface area contributed by atoms with Crippen LogP contribution in [0.4, 0.5) is 0 Å². The van der Waals surface area contributed by atoms with Crippen LogP contribution in [0.5, 0.6) is 0 Å². The molecule has 1 atom stereocenters. The minimum Gasteiger partial charge on any atom is -0.317 e. The Bertz CT molecular complexity index is 595. The minimum absolute atomic E-state index is 0.000661. The van der Waals surface area contributed by atoms with Crippen LogP contribution in [0.1, 0.15) is 12.8 Å². The van der Waals surface area contributed by atoms with Gasteiger partial charge in [-0.3, -0.25) is 9.80 Å². The van der Waals surface area contributed by atoms with E-state index < -0.39 is 0 Å². The Morgan fingerprint density at radius 2 is 2.05 bits per heavy atom. The quantitative estimate of drug-likeness (QED) is 0.750. The molecule has 1 aliphatic carbocycles. The van der Waals surface area contributed by atoms with E-state index in [1.54, 1.807) is 6.08 Å². The second-order valence-electron chi connectivity index (χ2n) is 5.96. The highest BCUT2D eigenvalue weighted by Gasteiger charge is 2.41. The lowest BCUT2D eigenvalue weighted by atomic mass is 9.93. The van der Waals surface area contributed by atoms with Gasteiger partial charge in [-0.05, 0) is 25.9 Å². The summed E-state index contributed by atoms with van der Waals surface area (Å²) in [4.78, 5) is 12.1. The van der Waals surface area contributed by atoms with Gasteiger partial charge in [0.2, 0.25) is 0 Å². The Morgan fingerprint density at radius 3 is 2.86 bits per heavy atom. The molecule has 5 heteroatoms. The molecule has 1 unspecified atom stereocenters. The molecule has 0 aromatic heterocycles. The van der Waals surface area contributed by atoms with Gasteiger partial charge in [0, 0.05) is 30.3 Å². The van der Waals surface area contributed by atoms with Gasteiger partial charge in [-0.1, -0.05) is 24.3 Å². The molecule has 110 valence electrons. The van der Waals surface area contributed by atoms with Gasteiger partial charge >= 0.3 is 0 Å². The lowest BCUT2D eigenvalue weighted by molar-refractivity contribution is -0.117. The summed E-state index contributed by atoms with van der Waals surface area (Å²) in [7, 11) is 2.09. The van der Waals surface area contributed by atoms with E-state index >= 15 is 0 Å². The van der Waals surface area contributed by atoms with E-state index in [2.05, 4.69) is 45.9 Å². The summed E-state index contributed by atoms with van der Waals surface area (Å²) in [5.41, 5.74) is 2.31. The molecule has 0 radical (unpaired) electrons. The molecular formula is C16H20N4O. The first-order valence-corrected chi connectivity index (χ1v) is 7.61. The number of piperidine rings is 1. The van der Waals surface area contributed by atoms with E-state index in [1.165, 1.54) is 5.57 Å². The van der Waals surface area contributed by atoms with Gasteiger partial charge in [0.1, 0.15) is 5.82 Å². The zero-order valence-electron chi connectivity index (χ0n) is 12.2. The molecule has 1 amide bonds. The number of amides is 1. The molecule has 0 spiro atoms. The maximum absolute atomic E-state index is 12.1. The number of hydrogen-bond donors (Lipinski definition) is 2. The SMILES string of the molecule is CN1C2C=CC=CC2=C2NC(=O)C=C(C3CCNCC3)N21. The summed E-state index contributed by atoms with van der Waals surface area (Å²) in [6, 6.07) is 0.216. The first-order chi connectivity index (χ1) is 10.3. The number of carbonyl (C=O) groups excluding carboxylic acids is 1. The van der Waals surface area contributed by atoms with Crippen LogP contribution in [-0.2, 0) is 4.79 Å². The Hall–Kier alpha value is -1.85. The van der Waals surface area contributed by atoms with Crippen molar-refractivity contribution in [2.75, 3.05) is 20.1 Å². The lowest BCUT2D eigenvalue weighted by Crippen LogP contribution is -2.47. The highest BCUT2D eigenvalue weighted by molar-refractivity contribution is 5.91. The normalized spacial score (nSPS) is 29.4. The number of nitrogens with one attached hydrogen (secondary N) is 2. The molecule has 0 bridgehead atoms. The van der Waals surface area contributed by atoms with E-state index in [0.29, 0.717) is 5.92 Å². The number of fused-ring (bicyclic) bond motifs is 2. The lowest BCUT2D eigenvalue weighted by Gasteiger charge is -2.39. The van der Waals surface area contributed by atoms with Gasteiger partial charge in [0.25, 0.3) is 5.91 Å². The molecule has 3 heterocycles. The Balaban J connectivity index is 1.75. The van der Waals surface area contributed by atoms with E-state index in [4.69, 9.17) is 0 Å². The smallest absolute Gasteiger partial charge is 0.251 e. The highest BCUT2D eigenvalue weighted by atomic mass is 16.2. The number of allylic oxidation sites excluding steroid dienone is 3. The van der Waals surface area contributed by atoms with E-state index in [1.807, 2.05) is 6.08 Å². The fourth-order valence-corrected chi connectivity index (χ4v) is 3.67. The summed E-state index contributed by atoms with van der Waals surface area (Å²) >= 11 is 0. The van der Waals surface area contributed by atoms with Crippen molar-refractivity contribution in [2.24, 2.45) is 5.92 Å². The van der Waals surface area contributed by atoms with Gasteiger partial charge in [-0.15, -0.1) is 0 Å². The van der Waals surface area contributed by atoms with E-state index in [9.17, 15) is 4.79 Å². The third-order valence-corrected chi connectivity index (χ3v) is 4.72. The number of nitrogens with zero attached hydrogens (tertiary/aromatic N) is 2. The van der Waals surface area contributed by atoms with Crippen molar-refractivity contribution < 1.29 is 4.79 Å². The van der Waals surface area contributed by atoms with Crippen molar-refractivity contribution in [1.82, 2.24) is 20.7 Å². The molecule has 0 aromatic carbocycles. The van der Waals surface area contributed by atoms with Crippen LogP contribution in [0.25, 0.3) is 0 Å². The van der Waals surface area contributed by atoms with Crippen LogP contribution in [-0.4, -0.2) is 42.1 Å². The predicted molar refractivity (Wildman–Crippen MR) is 80.5 cm³/mol. The topological polar surface area (TPSA) is 47.6 Å². The van der Waals surface area contributed by atoms with E-state index in [0.717, 1.165) is 37.4 Å². The molecule has 4 aliphatic rings. The summed E-state index contributed by atoms with van der Waals surface area (Å²) < 4.78 is 0. The summed E-state index contributed by atoms with van der Waals surface area (Å²) in [6.45, 7) is 2.05. The van der Waals surface area contributed by atoms with Gasteiger partial charge in [-0.2, -0.15) is 0 Å². The molecule has 1 fully saturated rings. The van der Waals surface area contributed by atoms with Crippen molar-refractivity contribution in [3.05, 3.63) is 47.5 Å². The van der Waals surface area contributed by atoms with Crippen molar-refractivity contribution >= 4 is 5.91 Å². The van der Waals surface area contributed by atoms with Crippen molar-refractivity contribution in [1.29, 1.82) is 0 Å². The van der Waals surface area contributed by atoms with Crippen LogP contribution < -0.4 is 10.6 Å². The highest BCUT2D eigenvalue weighted by Crippen LogP contribution is 2.38. The third kappa shape index (κ3) is 1.96. The number of rotatable bonds is 1. The Kier molecular flexibility index (Phi) is 2.97. The van der Waals surface area contributed by atoms with Crippen LogP contribution in [0.15, 0.2) is 47.5 Å². The Morgan fingerprint density at radius 1 is 1.24 bits per heavy atom. The summed E-state index contributed by atoms with van der Waals surface area (Å²) in [5.74, 6) is 1.38. The van der Waals surface area contributed by atoms with Gasteiger partial charge < -0.3 is 10.6 Å². The van der Waals surface area contributed by atoms with E-state index in [-0.39, 0.29) is 11.9 Å². The minimum atomic E-state index is -0.000661. The zero-order chi connectivity index (χ0) is 14.4. The Labute approximate surface area is 124 Å². The van der Waals surface area contributed by atoms with Crippen molar-refractivity contribution in [2.45, 2.75) is 18.9 Å². The van der Waals surface area contributed by atoms with Crippen molar-refractivity contribution in [3.63, 3.8) is 0 Å². The molecular weight excluding hydrogens is 264 g/mol. The van der Waals surface area contributed by atoms with Crippen molar-refractivity contribution in [3.8, 4) is 0 Å². The summed E-state index contributed by atoms with van der Waals surface area (Å²) in [5, 5.41) is 10.8. The molecule has 21 heavy (non-hydrogen) atoms. The number of carbonyl (C=O) groups is 1. The zero-order valence-corrected chi connectivity index (χ0v) is 12.2. The first kappa shape index (κ1) is 12.9. The maximum Gasteiger partial charge on any atom is 0.251 e. The van der Waals surface area contributed by atoms with Gasteiger partial charge in [0.05, 0.1) is 6.04 Å². The largest absolute Gasteiger partial charge is 0.317 e. The average molecular weight is 284 g/mol. The second-order valence-corrected chi connectivity index (χ2v) is 5.96. The fraction of sp³-hybridized carbons (Fsp3) is 0.438. The third-order valence-electron chi connectivity index (χ3n) is 4.72. The van der Waals surface area contributed by atoms with Crippen LogP contribution in [0.3, 0.4) is 0 Å². The summed E-state index contributed by atoms with van der Waals surface area (Å²) in [6.07, 6.45) is 12.3. The van der Waals surface area contributed by atoms with Crippen LogP contribution >= 0.6 is 0 Å². The standard InChI is InChI=1S/C16H20N4O/c1-19-13-5-3-2-4-12(13)16-18-15(21)10-14(20(16)19)11-6-8-17-9-7-11/h2-5,10-11,13,17H,6-9H2,1H3,(H,18,21). The first-order valence-electron chi connectivity index (χ1n) is 7.61. The number of hydrogen-bond acceptors (Lipinski definition) is 4. The molecule has 0 saturated carbocycles. The average Bonchev–Trinajstić information content (AvgIpc) is 2.81. The van der Waals surface area contributed by atoms with Crippen LogP contribution in [0.2, 0.25) is 0 Å². The second kappa shape index (κ2) is 4.86. The molecule has 1 saturated heterocycles. The molecule has 5 nitrogen and oxygen atoms in total. The van der Waals surface area contributed by atoms with Gasteiger partial charge in [-0.25, -0.2) is 5.01 Å². The number of hydrazine groups is 1. The molecule has 3 aliphatic heterocycles. The molecule has 2 N–H and O–H groups in total. The molecule has 0 aromatic rings.